The molecule has 0 fully saturated rings. The van der Waals surface area contributed by atoms with E-state index < -0.39 is 24.1 Å². The number of carboxylic acids is 1. The Balaban J connectivity index is 4.63. The van der Waals surface area contributed by atoms with Crippen LogP contribution in [-0.4, -0.2) is 75.5 Å². The number of carbonyl (C=O) groups is 3. The first-order valence-corrected chi connectivity index (χ1v) is 18.2. The lowest BCUT2D eigenvalue weighted by Crippen LogP contribution is -2.55. The highest BCUT2D eigenvalue weighted by Crippen LogP contribution is 2.11. The van der Waals surface area contributed by atoms with Gasteiger partial charge in [0.1, 0.15) is 12.6 Å². The zero-order valence-electron chi connectivity index (χ0n) is 31.1. The second-order valence-electron chi connectivity index (χ2n) is 12.8. The van der Waals surface area contributed by atoms with Gasteiger partial charge in [-0.25, -0.2) is 0 Å². The Bertz CT molecular complexity index is 1080. The van der Waals surface area contributed by atoms with E-state index in [9.17, 15) is 19.5 Å². The Morgan fingerprint density at radius 3 is 1.86 bits per heavy atom. The molecule has 0 aliphatic heterocycles. The molecule has 0 aliphatic rings. The molecule has 0 bridgehead atoms. The zero-order valence-corrected chi connectivity index (χ0v) is 31.1. The molecule has 276 valence electrons. The SMILES string of the molecule is CC/C=C/C=C/C=C/C=C/C=C/CCCC(=O)OC(COCCC(C(=O)[O-])[N+](C)(C)C)COC(=O)CCCCCCC/C=C/C/C=C/CC. The normalized spacial score (nSPS) is 14.1. The van der Waals surface area contributed by atoms with Gasteiger partial charge in [0.15, 0.2) is 6.10 Å². The Morgan fingerprint density at radius 1 is 0.633 bits per heavy atom. The summed E-state index contributed by atoms with van der Waals surface area (Å²) in [5.41, 5.74) is 0. The fourth-order valence-electron chi connectivity index (χ4n) is 4.61. The van der Waals surface area contributed by atoms with Crippen LogP contribution < -0.4 is 5.11 Å². The van der Waals surface area contributed by atoms with Gasteiger partial charge in [-0.1, -0.05) is 118 Å². The third-order valence-corrected chi connectivity index (χ3v) is 7.41. The molecule has 0 N–H and O–H groups in total. The lowest BCUT2D eigenvalue weighted by Gasteiger charge is -2.34. The first-order valence-electron chi connectivity index (χ1n) is 18.2. The van der Waals surface area contributed by atoms with Crippen molar-refractivity contribution in [3.63, 3.8) is 0 Å². The molecule has 8 nitrogen and oxygen atoms in total. The van der Waals surface area contributed by atoms with Crippen LogP contribution in [0.2, 0.25) is 0 Å². The number of nitrogens with zero attached hydrogens (tertiary/aromatic N) is 1. The van der Waals surface area contributed by atoms with Crippen molar-refractivity contribution in [2.24, 2.45) is 0 Å². The number of esters is 2. The summed E-state index contributed by atoms with van der Waals surface area (Å²) < 4.78 is 16.9. The molecule has 0 heterocycles. The number of hydrogen-bond acceptors (Lipinski definition) is 7. The summed E-state index contributed by atoms with van der Waals surface area (Å²) in [5.74, 6) is -1.87. The largest absolute Gasteiger partial charge is 0.544 e. The number of unbranched alkanes of at least 4 members (excludes halogenated alkanes) is 6. The Labute approximate surface area is 297 Å². The maximum atomic E-state index is 12.6. The number of ether oxygens (including phenoxy) is 3. The molecule has 0 radical (unpaired) electrons. The number of rotatable bonds is 30. The first-order chi connectivity index (χ1) is 23.6. The van der Waals surface area contributed by atoms with Crippen molar-refractivity contribution in [1.82, 2.24) is 0 Å². The van der Waals surface area contributed by atoms with Gasteiger partial charge >= 0.3 is 11.9 Å². The van der Waals surface area contributed by atoms with Crippen molar-refractivity contribution in [3.05, 3.63) is 85.1 Å². The number of allylic oxidation sites excluding steroid dienone is 14. The Hall–Kier alpha value is -3.49. The second kappa shape index (κ2) is 31.8. The lowest BCUT2D eigenvalue weighted by molar-refractivity contribution is -0.889. The smallest absolute Gasteiger partial charge is 0.306 e. The zero-order chi connectivity index (χ0) is 36.4. The molecule has 0 saturated carbocycles. The predicted octanol–water partition coefficient (Wildman–Crippen LogP) is 7.68. The molecule has 0 amide bonds. The lowest BCUT2D eigenvalue weighted by atomic mass is 10.1. The molecule has 8 heteroatoms. The highest BCUT2D eigenvalue weighted by atomic mass is 16.6. The van der Waals surface area contributed by atoms with Crippen LogP contribution in [-0.2, 0) is 28.6 Å². The standard InChI is InChI=1S/C41H65NO7/c1-6-8-10-12-14-16-18-20-22-24-26-28-30-32-40(44)49-37(35-47-34-33-38(41(45)46)42(3,4)5)36-48-39(43)31-29-27-25-23-21-19-17-15-13-11-9-7-2/h8-12,14-18,20,22,24,26,37-38H,6-7,13,19,21,23,25,27-36H2,1-5H3/b10-8+,11-9+,14-12+,17-15+,18-16+,22-20+,26-24+. The number of quaternary nitrogens is 1. The summed E-state index contributed by atoms with van der Waals surface area (Å²) in [6.07, 6.45) is 39.1. The highest BCUT2D eigenvalue weighted by Gasteiger charge is 2.25. The number of carbonyl (C=O) groups excluding carboxylic acids is 3. The number of carboxylic acid groups (broad SMARTS) is 1. The van der Waals surface area contributed by atoms with Gasteiger partial charge in [0.2, 0.25) is 0 Å². The predicted molar refractivity (Wildman–Crippen MR) is 198 cm³/mol. The minimum atomic E-state index is -1.14. The monoisotopic (exact) mass is 683 g/mol. The van der Waals surface area contributed by atoms with Crippen LogP contribution in [0.25, 0.3) is 0 Å². The van der Waals surface area contributed by atoms with Gasteiger partial charge in [-0.2, -0.15) is 0 Å². The van der Waals surface area contributed by atoms with Crippen molar-refractivity contribution < 1.29 is 38.2 Å². The van der Waals surface area contributed by atoms with Crippen molar-refractivity contribution >= 4 is 17.9 Å². The van der Waals surface area contributed by atoms with Crippen LogP contribution >= 0.6 is 0 Å². The molecule has 2 unspecified atom stereocenters. The molecule has 0 aromatic rings. The quantitative estimate of drug-likeness (QED) is 0.0252. The van der Waals surface area contributed by atoms with Gasteiger partial charge in [0.25, 0.3) is 0 Å². The Morgan fingerprint density at radius 2 is 1.20 bits per heavy atom. The van der Waals surface area contributed by atoms with Gasteiger partial charge in [-0.3, -0.25) is 9.59 Å². The molecule has 0 aromatic heterocycles. The molecular formula is C41H65NO7. The molecule has 2 atom stereocenters. The molecule has 0 aromatic carbocycles. The third-order valence-electron chi connectivity index (χ3n) is 7.41. The van der Waals surface area contributed by atoms with E-state index in [1.54, 1.807) is 21.1 Å². The van der Waals surface area contributed by atoms with Gasteiger partial charge in [0.05, 0.1) is 40.3 Å². The van der Waals surface area contributed by atoms with Crippen LogP contribution in [0.4, 0.5) is 0 Å². The average Bonchev–Trinajstić information content (AvgIpc) is 3.05. The molecule has 0 aliphatic carbocycles. The molecular weight excluding hydrogens is 618 g/mol. The van der Waals surface area contributed by atoms with E-state index in [0.717, 1.165) is 57.8 Å². The van der Waals surface area contributed by atoms with Gasteiger partial charge in [-0.15, -0.1) is 0 Å². The summed E-state index contributed by atoms with van der Waals surface area (Å²) in [6, 6.07) is -0.744. The first kappa shape index (κ1) is 45.5. The van der Waals surface area contributed by atoms with Gasteiger partial charge in [0, 0.05) is 19.3 Å². The third kappa shape index (κ3) is 30.3. The highest BCUT2D eigenvalue weighted by molar-refractivity contribution is 5.70. The average molecular weight is 684 g/mol. The van der Waals surface area contributed by atoms with Crippen LogP contribution in [0.1, 0.15) is 104 Å². The second-order valence-corrected chi connectivity index (χ2v) is 12.8. The maximum absolute atomic E-state index is 12.6. The fraction of sp³-hybridized carbons (Fsp3) is 0.585. The molecule has 49 heavy (non-hydrogen) atoms. The van der Waals surface area contributed by atoms with E-state index in [1.165, 1.54) is 0 Å². The van der Waals surface area contributed by atoms with Crippen molar-refractivity contribution in [2.45, 2.75) is 116 Å². The van der Waals surface area contributed by atoms with Gasteiger partial charge in [-0.05, 0) is 51.4 Å². The summed E-state index contributed by atoms with van der Waals surface area (Å²) in [4.78, 5) is 36.6. The maximum Gasteiger partial charge on any atom is 0.306 e. The number of likely N-dealkylation sites (N-methyl/N-ethyl adjacent to an activating group) is 1. The van der Waals surface area contributed by atoms with E-state index in [0.29, 0.717) is 19.3 Å². The summed E-state index contributed by atoms with van der Waals surface area (Å²) >= 11 is 0. The number of aliphatic carboxylic acids is 1. The van der Waals surface area contributed by atoms with E-state index in [2.05, 4.69) is 44.2 Å². The van der Waals surface area contributed by atoms with Crippen LogP contribution in [0.3, 0.4) is 0 Å². The minimum Gasteiger partial charge on any atom is -0.544 e. The summed E-state index contributed by atoms with van der Waals surface area (Å²) in [5, 5.41) is 11.6. The number of hydrogen-bond donors (Lipinski definition) is 0. The van der Waals surface area contributed by atoms with Gasteiger partial charge < -0.3 is 28.6 Å². The van der Waals surface area contributed by atoms with Crippen LogP contribution in [0.5, 0.6) is 0 Å². The van der Waals surface area contributed by atoms with Crippen molar-refractivity contribution in [3.8, 4) is 0 Å². The molecule has 0 rings (SSSR count). The van der Waals surface area contributed by atoms with Crippen LogP contribution in [0, 0.1) is 0 Å². The minimum absolute atomic E-state index is 0.00155. The molecule has 0 spiro atoms. The van der Waals surface area contributed by atoms with E-state index in [1.807, 2.05) is 54.7 Å². The van der Waals surface area contributed by atoms with E-state index >= 15 is 0 Å². The van der Waals surface area contributed by atoms with E-state index in [-0.39, 0.29) is 43.1 Å². The van der Waals surface area contributed by atoms with Crippen LogP contribution in [0.15, 0.2) is 85.1 Å². The van der Waals surface area contributed by atoms with E-state index in [4.69, 9.17) is 14.2 Å². The topological polar surface area (TPSA) is 102 Å². The Kier molecular flexibility index (Phi) is 29.5. The van der Waals surface area contributed by atoms with Crippen molar-refractivity contribution in [2.75, 3.05) is 41.0 Å². The molecule has 0 saturated heterocycles. The summed E-state index contributed by atoms with van der Waals surface area (Å²) in [6.45, 7) is 4.26. The summed E-state index contributed by atoms with van der Waals surface area (Å²) in [7, 11) is 5.35. The van der Waals surface area contributed by atoms with Crippen molar-refractivity contribution in [1.29, 1.82) is 0 Å². The fourth-order valence-corrected chi connectivity index (χ4v) is 4.61.